The van der Waals surface area contributed by atoms with E-state index in [1.54, 1.807) is 0 Å². The van der Waals surface area contributed by atoms with Crippen LogP contribution in [-0.4, -0.2) is 16.7 Å². The summed E-state index contributed by atoms with van der Waals surface area (Å²) in [4.78, 5) is 4.45. The summed E-state index contributed by atoms with van der Waals surface area (Å²) in [6.07, 6.45) is 1.47. The fourth-order valence-electron chi connectivity index (χ4n) is 1.62. The van der Waals surface area contributed by atoms with Crippen molar-refractivity contribution in [2.75, 3.05) is 6.61 Å². The summed E-state index contributed by atoms with van der Waals surface area (Å²) < 4.78 is 6.66. The van der Waals surface area contributed by atoms with Crippen molar-refractivity contribution in [3.63, 3.8) is 0 Å². The molecule has 0 saturated carbocycles. The molecule has 2 rings (SSSR count). The summed E-state index contributed by atoms with van der Waals surface area (Å²) in [6.45, 7) is 2.09. The number of benzene rings is 1. The highest BCUT2D eigenvalue weighted by Crippen LogP contribution is 2.23. The van der Waals surface area contributed by atoms with Gasteiger partial charge in [-0.2, -0.15) is 0 Å². The SMILES string of the molecule is Cc1oc(-c2ccc(Br)cc2)nc1CCCO. The predicted octanol–water partition coefficient (Wildman–Crippen LogP) is 3.34. The fourth-order valence-corrected chi connectivity index (χ4v) is 1.89. The molecule has 1 aromatic carbocycles. The Morgan fingerprint density at radius 2 is 2.00 bits per heavy atom. The van der Waals surface area contributed by atoms with Crippen molar-refractivity contribution in [2.45, 2.75) is 19.8 Å². The number of aliphatic hydroxyl groups is 1. The van der Waals surface area contributed by atoms with Crippen molar-refractivity contribution in [3.05, 3.63) is 40.2 Å². The van der Waals surface area contributed by atoms with Crippen LogP contribution in [-0.2, 0) is 6.42 Å². The number of aryl methyl sites for hydroxylation is 2. The van der Waals surface area contributed by atoms with Crippen LogP contribution in [0.3, 0.4) is 0 Å². The first-order valence-corrected chi connectivity index (χ1v) is 6.33. The van der Waals surface area contributed by atoms with Crippen LogP contribution >= 0.6 is 15.9 Å². The molecule has 1 heterocycles. The van der Waals surface area contributed by atoms with E-state index in [9.17, 15) is 0 Å². The molecule has 1 N–H and O–H groups in total. The Labute approximate surface area is 109 Å². The molecule has 17 heavy (non-hydrogen) atoms. The van der Waals surface area contributed by atoms with E-state index in [0.717, 1.165) is 27.9 Å². The molecular weight excluding hydrogens is 282 g/mol. The van der Waals surface area contributed by atoms with E-state index in [1.807, 2.05) is 31.2 Å². The Hall–Kier alpha value is -1.13. The molecule has 0 amide bonds. The van der Waals surface area contributed by atoms with Crippen LogP contribution in [0.4, 0.5) is 0 Å². The molecule has 0 aliphatic heterocycles. The van der Waals surface area contributed by atoms with Gasteiger partial charge in [0.25, 0.3) is 0 Å². The van der Waals surface area contributed by atoms with Gasteiger partial charge in [-0.05, 0) is 44.0 Å². The van der Waals surface area contributed by atoms with Gasteiger partial charge in [0.1, 0.15) is 5.76 Å². The maximum atomic E-state index is 8.81. The van der Waals surface area contributed by atoms with Gasteiger partial charge in [-0.25, -0.2) is 4.98 Å². The Kier molecular flexibility index (Phi) is 3.97. The van der Waals surface area contributed by atoms with Crippen LogP contribution in [0, 0.1) is 6.92 Å². The van der Waals surface area contributed by atoms with E-state index < -0.39 is 0 Å². The molecule has 0 radical (unpaired) electrons. The zero-order valence-corrected chi connectivity index (χ0v) is 11.2. The topological polar surface area (TPSA) is 46.3 Å². The smallest absolute Gasteiger partial charge is 0.226 e. The van der Waals surface area contributed by atoms with Crippen LogP contribution in [0.2, 0.25) is 0 Å². The van der Waals surface area contributed by atoms with Crippen molar-refractivity contribution >= 4 is 15.9 Å². The van der Waals surface area contributed by atoms with E-state index in [1.165, 1.54) is 0 Å². The minimum atomic E-state index is 0.180. The molecule has 0 atom stereocenters. The zero-order valence-electron chi connectivity index (χ0n) is 9.61. The summed E-state index contributed by atoms with van der Waals surface area (Å²) >= 11 is 3.39. The second-order valence-electron chi connectivity index (χ2n) is 3.86. The average Bonchev–Trinajstić information content (AvgIpc) is 2.69. The number of rotatable bonds is 4. The van der Waals surface area contributed by atoms with Gasteiger partial charge in [0, 0.05) is 16.6 Å². The third-order valence-corrected chi connectivity index (χ3v) is 3.08. The highest BCUT2D eigenvalue weighted by molar-refractivity contribution is 9.10. The zero-order chi connectivity index (χ0) is 12.3. The van der Waals surface area contributed by atoms with Crippen molar-refractivity contribution < 1.29 is 9.52 Å². The standard InChI is InChI=1S/C13H14BrNO2/c1-9-12(3-2-8-16)15-13(17-9)10-4-6-11(14)7-5-10/h4-7,16H,2-3,8H2,1H3. The first kappa shape index (κ1) is 12.3. The van der Waals surface area contributed by atoms with Crippen molar-refractivity contribution in [2.24, 2.45) is 0 Å². The van der Waals surface area contributed by atoms with Crippen LogP contribution in [0.25, 0.3) is 11.5 Å². The molecule has 0 bridgehead atoms. The van der Waals surface area contributed by atoms with E-state index >= 15 is 0 Å². The largest absolute Gasteiger partial charge is 0.441 e. The second kappa shape index (κ2) is 5.47. The molecular formula is C13H14BrNO2. The minimum absolute atomic E-state index is 0.180. The van der Waals surface area contributed by atoms with Gasteiger partial charge in [-0.1, -0.05) is 15.9 Å². The Morgan fingerprint density at radius 3 is 2.65 bits per heavy atom. The Balaban J connectivity index is 2.24. The van der Waals surface area contributed by atoms with Gasteiger partial charge in [0.2, 0.25) is 5.89 Å². The third kappa shape index (κ3) is 2.96. The van der Waals surface area contributed by atoms with Gasteiger partial charge >= 0.3 is 0 Å². The number of aromatic nitrogens is 1. The lowest BCUT2D eigenvalue weighted by atomic mass is 10.2. The maximum Gasteiger partial charge on any atom is 0.226 e. The molecule has 0 fully saturated rings. The summed E-state index contributed by atoms with van der Waals surface area (Å²) in [7, 11) is 0. The Morgan fingerprint density at radius 1 is 1.29 bits per heavy atom. The molecule has 0 spiro atoms. The second-order valence-corrected chi connectivity index (χ2v) is 4.77. The molecule has 0 saturated heterocycles. The number of nitrogens with zero attached hydrogens (tertiary/aromatic N) is 1. The molecule has 90 valence electrons. The molecule has 0 unspecified atom stereocenters. The summed E-state index contributed by atoms with van der Waals surface area (Å²) in [5.74, 6) is 1.47. The van der Waals surface area contributed by atoms with Crippen molar-refractivity contribution in [1.29, 1.82) is 0 Å². The van der Waals surface area contributed by atoms with Gasteiger partial charge < -0.3 is 9.52 Å². The maximum absolute atomic E-state index is 8.81. The van der Waals surface area contributed by atoms with Crippen molar-refractivity contribution in [3.8, 4) is 11.5 Å². The normalized spacial score (nSPS) is 10.8. The van der Waals surface area contributed by atoms with Gasteiger partial charge in [-0.15, -0.1) is 0 Å². The number of hydrogen-bond acceptors (Lipinski definition) is 3. The van der Waals surface area contributed by atoms with Crippen LogP contribution in [0.1, 0.15) is 17.9 Å². The van der Waals surface area contributed by atoms with E-state index in [2.05, 4.69) is 20.9 Å². The minimum Gasteiger partial charge on any atom is -0.441 e. The van der Waals surface area contributed by atoms with Crippen molar-refractivity contribution in [1.82, 2.24) is 4.98 Å². The predicted molar refractivity (Wildman–Crippen MR) is 69.8 cm³/mol. The van der Waals surface area contributed by atoms with Crippen LogP contribution in [0.5, 0.6) is 0 Å². The van der Waals surface area contributed by atoms with Gasteiger partial charge in [-0.3, -0.25) is 0 Å². The van der Waals surface area contributed by atoms with E-state index in [-0.39, 0.29) is 6.61 Å². The highest BCUT2D eigenvalue weighted by atomic mass is 79.9. The average molecular weight is 296 g/mol. The number of oxazole rings is 1. The van der Waals surface area contributed by atoms with Gasteiger partial charge in [0.15, 0.2) is 0 Å². The lowest BCUT2D eigenvalue weighted by molar-refractivity contribution is 0.288. The molecule has 4 heteroatoms. The molecule has 2 aromatic rings. The Bertz CT molecular complexity index is 491. The third-order valence-electron chi connectivity index (χ3n) is 2.56. The highest BCUT2D eigenvalue weighted by Gasteiger charge is 2.10. The lowest BCUT2D eigenvalue weighted by Crippen LogP contribution is -1.91. The summed E-state index contributed by atoms with van der Waals surface area (Å²) in [5, 5.41) is 8.81. The first-order chi connectivity index (χ1) is 8.20. The number of hydrogen-bond donors (Lipinski definition) is 1. The quantitative estimate of drug-likeness (QED) is 0.941. The lowest BCUT2D eigenvalue weighted by Gasteiger charge is -1.94. The molecule has 3 nitrogen and oxygen atoms in total. The number of aliphatic hydroxyl groups excluding tert-OH is 1. The molecule has 0 aliphatic carbocycles. The van der Waals surface area contributed by atoms with E-state index in [0.29, 0.717) is 12.3 Å². The fraction of sp³-hybridized carbons (Fsp3) is 0.308. The van der Waals surface area contributed by atoms with Crippen LogP contribution < -0.4 is 0 Å². The summed E-state index contributed by atoms with van der Waals surface area (Å²) in [6, 6.07) is 7.85. The molecule has 0 aliphatic rings. The molecule has 1 aromatic heterocycles. The van der Waals surface area contributed by atoms with Crippen LogP contribution in [0.15, 0.2) is 33.2 Å². The number of halogens is 1. The van der Waals surface area contributed by atoms with Gasteiger partial charge in [0.05, 0.1) is 5.69 Å². The van der Waals surface area contributed by atoms with E-state index in [4.69, 9.17) is 9.52 Å². The first-order valence-electron chi connectivity index (χ1n) is 5.54. The monoisotopic (exact) mass is 295 g/mol. The summed E-state index contributed by atoms with van der Waals surface area (Å²) in [5.41, 5.74) is 1.89.